The Balaban J connectivity index is 3.08. The van der Waals surface area contributed by atoms with Crippen molar-refractivity contribution in [2.24, 2.45) is 5.73 Å². The number of allylic oxidation sites excluding steroid dienone is 2. The fourth-order valence-electron chi connectivity index (χ4n) is 0.715. The van der Waals surface area contributed by atoms with Gasteiger partial charge in [0.2, 0.25) is 0 Å². The lowest BCUT2D eigenvalue weighted by Gasteiger charge is -2.22. The normalized spacial score (nSPS) is 19.1. The van der Waals surface area contributed by atoms with Crippen LogP contribution in [-0.4, -0.2) is 0 Å². The van der Waals surface area contributed by atoms with Gasteiger partial charge in [-0.25, -0.2) is 0 Å². The zero-order chi connectivity index (χ0) is 6.31. The summed E-state index contributed by atoms with van der Waals surface area (Å²) in [5.41, 5.74) is 9.29. The second kappa shape index (κ2) is 1.25. The summed E-state index contributed by atoms with van der Waals surface area (Å²) >= 11 is 0. The molecule has 0 saturated heterocycles. The molecule has 0 heterocycles. The quantitative estimate of drug-likeness (QED) is 0.496. The van der Waals surface area contributed by atoms with Crippen LogP contribution in [0.25, 0.3) is 0 Å². The molecule has 1 aliphatic rings. The molecule has 0 aromatic heterocycles. The van der Waals surface area contributed by atoms with Crippen molar-refractivity contribution < 1.29 is 0 Å². The van der Waals surface area contributed by atoms with E-state index in [4.69, 9.17) is 5.73 Å². The van der Waals surface area contributed by atoms with E-state index in [9.17, 15) is 0 Å². The number of hydrogen-bond donors (Lipinski definition) is 1. The fourth-order valence-corrected chi connectivity index (χ4v) is 0.715. The Hall–Kier alpha value is -0.980. The lowest BCUT2D eigenvalue weighted by Crippen LogP contribution is -2.15. The molecule has 1 rings (SSSR count). The Labute approximate surface area is 49.2 Å². The summed E-state index contributed by atoms with van der Waals surface area (Å²) in [5, 5.41) is 0. The Morgan fingerprint density at radius 1 is 1.25 bits per heavy atom. The van der Waals surface area contributed by atoms with Crippen molar-refractivity contribution in [2.75, 3.05) is 0 Å². The first kappa shape index (κ1) is 5.16. The van der Waals surface area contributed by atoms with Gasteiger partial charge in [-0.05, 0) is 23.6 Å². The summed E-state index contributed by atoms with van der Waals surface area (Å²) in [6.07, 6.45) is 0. The largest absolute Gasteiger partial charge is 0.398 e. The highest BCUT2D eigenvalue weighted by Crippen LogP contribution is 2.32. The summed E-state index contributed by atoms with van der Waals surface area (Å²) in [6.45, 7) is 9.38. The summed E-state index contributed by atoms with van der Waals surface area (Å²) in [4.78, 5) is 0. The highest BCUT2D eigenvalue weighted by molar-refractivity contribution is 5.65. The second-order valence-corrected chi connectivity index (χ2v) is 2.00. The molecule has 0 saturated carbocycles. The van der Waals surface area contributed by atoms with Gasteiger partial charge in [-0.2, -0.15) is 0 Å². The van der Waals surface area contributed by atoms with E-state index < -0.39 is 0 Å². The molecule has 0 radical (unpaired) electrons. The van der Waals surface area contributed by atoms with Crippen molar-refractivity contribution in [1.29, 1.82) is 0 Å². The third-order valence-electron chi connectivity index (χ3n) is 1.55. The van der Waals surface area contributed by atoms with Gasteiger partial charge in [-0.15, -0.1) is 0 Å². The molecule has 42 valence electrons. The number of hydrogen-bond acceptors (Lipinski definition) is 1. The molecule has 8 heavy (non-hydrogen) atoms. The Bertz CT molecular complexity index is 174. The van der Waals surface area contributed by atoms with E-state index in [-0.39, 0.29) is 0 Å². The van der Waals surface area contributed by atoms with Crippen LogP contribution in [0, 0.1) is 0 Å². The predicted octanol–water partition coefficient (Wildman–Crippen LogP) is 1.35. The van der Waals surface area contributed by atoms with Gasteiger partial charge >= 0.3 is 0 Å². The average Bonchev–Trinajstić information content (AvgIpc) is 1.83. The monoisotopic (exact) mass is 107 g/mol. The number of rotatable bonds is 0. The summed E-state index contributed by atoms with van der Waals surface area (Å²) < 4.78 is 0. The van der Waals surface area contributed by atoms with E-state index in [1.165, 1.54) is 0 Å². The highest BCUT2D eigenvalue weighted by Gasteiger charge is 2.18. The van der Waals surface area contributed by atoms with E-state index in [0.29, 0.717) is 0 Å². The van der Waals surface area contributed by atoms with Crippen molar-refractivity contribution in [1.82, 2.24) is 0 Å². The van der Waals surface area contributed by atoms with Gasteiger partial charge in [0, 0.05) is 5.70 Å². The van der Waals surface area contributed by atoms with E-state index in [2.05, 4.69) is 13.2 Å². The van der Waals surface area contributed by atoms with Crippen molar-refractivity contribution in [3.8, 4) is 0 Å². The number of nitrogens with two attached hydrogens (primary N) is 1. The first-order valence-electron chi connectivity index (χ1n) is 2.50. The zero-order valence-electron chi connectivity index (χ0n) is 4.99. The molecule has 0 fully saturated rings. The summed E-state index contributed by atoms with van der Waals surface area (Å²) in [7, 11) is 0. The highest BCUT2D eigenvalue weighted by atomic mass is 14.6. The van der Waals surface area contributed by atoms with Gasteiger partial charge in [0.1, 0.15) is 0 Å². The van der Waals surface area contributed by atoms with Gasteiger partial charge in [0.25, 0.3) is 0 Å². The molecular weight excluding hydrogens is 98.1 g/mol. The molecule has 0 unspecified atom stereocenters. The Kier molecular flexibility index (Phi) is 0.806. The molecule has 1 aliphatic carbocycles. The SMILES string of the molecule is C=C1C(=C)C(N)=C1C. The molecule has 0 atom stereocenters. The van der Waals surface area contributed by atoms with E-state index in [1.54, 1.807) is 0 Å². The summed E-state index contributed by atoms with van der Waals surface area (Å²) in [5.74, 6) is 0. The van der Waals surface area contributed by atoms with Crippen molar-refractivity contribution in [3.05, 3.63) is 35.6 Å². The Morgan fingerprint density at radius 2 is 1.75 bits per heavy atom. The third kappa shape index (κ3) is 0.360. The van der Waals surface area contributed by atoms with Crippen LogP contribution in [0.5, 0.6) is 0 Å². The van der Waals surface area contributed by atoms with Gasteiger partial charge < -0.3 is 5.73 Å². The van der Waals surface area contributed by atoms with Crippen LogP contribution in [0.4, 0.5) is 0 Å². The molecule has 0 amide bonds. The van der Waals surface area contributed by atoms with Gasteiger partial charge in [-0.1, -0.05) is 13.2 Å². The molecule has 0 bridgehead atoms. The second-order valence-electron chi connectivity index (χ2n) is 2.00. The topological polar surface area (TPSA) is 26.0 Å². The standard InChI is InChI=1S/C7H9N/c1-4-5(2)7(8)6(4)3/h1-2,8H2,3H3. The van der Waals surface area contributed by atoms with Crippen LogP contribution in [0.15, 0.2) is 35.6 Å². The van der Waals surface area contributed by atoms with Crippen LogP contribution < -0.4 is 5.73 Å². The van der Waals surface area contributed by atoms with Crippen molar-refractivity contribution >= 4 is 0 Å². The van der Waals surface area contributed by atoms with Crippen LogP contribution in [0.2, 0.25) is 0 Å². The molecule has 0 aliphatic heterocycles. The third-order valence-corrected chi connectivity index (χ3v) is 1.55. The minimum Gasteiger partial charge on any atom is -0.398 e. The van der Waals surface area contributed by atoms with Crippen LogP contribution in [0.3, 0.4) is 0 Å². The first-order valence-corrected chi connectivity index (χ1v) is 2.50. The molecule has 0 aromatic carbocycles. The molecule has 1 heteroatoms. The molecule has 2 N–H and O–H groups in total. The molecule has 0 spiro atoms. The Morgan fingerprint density at radius 3 is 1.88 bits per heavy atom. The van der Waals surface area contributed by atoms with E-state index >= 15 is 0 Å². The first-order chi connectivity index (χ1) is 3.64. The van der Waals surface area contributed by atoms with Crippen LogP contribution in [-0.2, 0) is 0 Å². The van der Waals surface area contributed by atoms with Gasteiger partial charge in [0.15, 0.2) is 0 Å². The van der Waals surface area contributed by atoms with Gasteiger partial charge in [0.05, 0.1) is 0 Å². The van der Waals surface area contributed by atoms with Crippen molar-refractivity contribution in [2.45, 2.75) is 6.92 Å². The van der Waals surface area contributed by atoms with E-state index in [1.807, 2.05) is 6.92 Å². The minimum absolute atomic E-state index is 0.815. The maximum absolute atomic E-state index is 5.48. The van der Waals surface area contributed by atoms with Crippen molar-refractivity contribution in [3.63, 3.8) is 0 Å². The maximum atomic E-state index is 5.48. The predicted molar refractivity (Wildman–Crippen MR) is 35.2 cm³/mol. The smallest absolute Gasteiger partial charge is 0.0423 e. The minimum atomic E-state index is 0.815. The lowest BCUT2D eigenvalue weighted by atomic mass is 9.86. The molecule has 1 nitrogen and oxygen atoms in total. The lowest BCUT2D eigenvalue weighted by molar-refractivity contribution is 1.14. The average molecular weight is 107 g/mol. The zero-order valence-corrected chi connectivity index (χ0v) is 4.99. The fraction of sp³-hybridized carbons (Fsp3) is 0.143. The summed E-state index contributed by atoms with van der Waals surface area (Å²) in [6, 6.07) is 0. The van der Waals surface area contributed by atoms with Crippen LogP contribution >= 0.6 is 0 Å². The molecular formula is C7H9N. The maximum Gasteiger partial charge on any atom is 0.0423 e. The van der Waals surface area contributed by atoms with Crippen LogP contribution in [0.1, 0.15) is 6.92 Å². The van der Waals surface area contributed by atoms with E-state index in [0.717, 1.165) is 22.4 Å². The molecule has 0 aromatic rings. The van der Waals surface area contributed by atoms with Gasteiger partial charge in [-0.3, -0.25) is 0 Å².